The fourth-order valence-corrected chi connectivity index (χ4v) is 2.22. The van der Waals surface area contributed by atoms with Gasteiger partial charge >= 0.3 is 0 Å². The molecular formula is C8H15NO9S. The second-order valence-electron chi connectivity index (χ2n) is 3.74. The van der Waals surface area contributed by atoms with Crippen LogP contribution in [-0.2, 0) is 19.7 Å². The Balaban J connectivity index is 5.77. The minimum atomic E-state index is -5.49. The van der Waals surface area contributed by atoms with Gasteiger partial charge in [0.15, 0.2) is 0 Å². The molecule has 0 aromatic carbocycles. The quantitative estimate of drug-likeness (QED) is 0.201. The monoisotopic (exact) mass is 301 g/mol. The fourth-order valence-electron chi connectivity index (χ4n) is 1.33. The van der Waals surface area contributed by atoms with E-state index in [2.05, 4.69) is 0 Å². The summed E-state index contributed by atoms with van der Waals surface area (Å²) in [6.07, 6.45) is -5.07. The van der Waals surface area contributed by atoms with Gasteiger partial charge in [0.1, 0.15) is 24.5 Å². The molecule has 112 valence electrons. The lowest BCUT2D eigenvalue weighted by Crippen LogP contribution is -2.66. The minimum Gasteiger partial charge on any atom is -0.394 e. The topological polar surface area (TPSA) is 181 Å². The molecule has 11 heteroatoms. The van der Waals surface area contributed by atoms with E-state index in [9.17, 15) is 28.2 Å². The van der Waals surface area contributed by atoms with Crippen LogP contribution in [0, 0.1) is 0 Å². The summed E-state index contributed by atoms with van der Waals surface area (Å²) in [6, 6.07) is -2.25. The SMILES string of the molecule is CC(=O)N[C@@H](C=O)[C@@](O)([C@@H](O)[C@H](O)CO)S(=O)(=O)O. The van der Waals surface area contributed by atoms with Crippen LogP contribution in [0.25, 0.3) is 0 Å². The molecule has 0 aliphatic heterocycles. The molecule has 6 N–H and O–H groups in total. The lowest BCUT2D eigenvalue weighted by Gasteiger charge is -2.35. The number of amides is 1. The van der Waals surface area contributed by atoms with Crippen molar-refractivity contribution in [2.24, 2.45) is 0 Å². The van der Waals surface area contributed by atoms with Gasteiger partial charge < -0.3 is 30.5 Å². The molecule has 0 saturated carbocycles. The Bertz CT molecular complexity index is 436. The number of nitrogens with one attached hydrogen (secondary N) is 1. The molecule has 0 aliphatic carbocycles. The van der Waals surface area contributed by atoms with Crippen LogP contribution in [-0.4, -0.2) is 75.4 Å². The molecular weight excluding hydrogens is 286 g/mol. The minimum absolute atomic E-state index is 0.248. The van der Waals surface area contributed by atoms with Crippen molar-refractivity contribution in [2.45, 2.75) is 30.1 Å². The smallest absolute Gasteiger partial charge is 0.300 e. The third kappa shape index (κ3) is 3.68. The van der Waals surface area contributed by atoms with Gasteiger partial charge in [-0.05, 0) is 0 Å². The first kappa shape index (κ1) is 17.9. The first-order valence-electron chi connectivity index (χ1n) is 4.91. The number of hydrogen-bond donors (Lipinski definition) is 6. The highest BCUT2D eigenvalue weighted by atomic mass is 32.2. The molecule has 0 radical (unpaired) electrons. The van der Waals surface area contributed by atoms with E-state index < -0.39 is 45.8 Å². The van der Waals surface area contributed by atoms with E-state index in [1.54, 1.807) is 5.32 Å². The van der Waals surface area contributed by atoms with Crippen LogP contribution in [0.2, 0.25) is 0 Å². The van der Waals surface area contributed by atoms with Crippen molar-refractivity contribution in [3.63, 3.8) is 0 Å². The molecule has 0 heterocycles. The normalized spacial score (nSPS) is 19.9. The number of aliphatic hydroxyl groups is 4. The van der Waals surface area contributed by atoms with Crippen LogP contribution in [0.5, 0.6) is 0 Å². The number of carbonyl (C=O) groups is 2. The molecule has 4 atom stereocenters. The fraction of sp³-hybridized carbons (Fsp3) is 0.750. The van der Waals surface area contributed by atoms with Gasteiger partial charge in [-0.15, -0.1) is 0 Å². The van der Waals surface area contributed by atoms with Crippen molar-refractivity contribution in [2.75, 3.05) is 6.61 Å². The van der Waals surface area contributed by atoms with Crippen LogP contribution in [0.15, 0.2) is 0 Å². The molecule has 0 unspecified atom stereocenters. The molecule has 1 amide bonds. The maximum absolute atomic E-state index is 11.1. The van der Waals surface area contributed by atoms with Gasteiger partial charge in [0.05, 0.1) is 6.61 Å². The highest BCUT2D eigenvalue weighted by Crippen LogP contribution is 2.24. The maximum Gasteiger partial charge on any atom is 0.300 e. The third-order valence-corrected chi connectivity index (χ3v) is 3.65. The molecule has 0 rings (SSSR count). The van der Waals surface area contributed by atoms with Crippen molar-refractivity contribution < 1.29 is 43.0 Å². The molecule has 0 saturated heterocycles. The van der Waals surface area contributed by atoms with Gasteiger partial charge in [-0.3, -0.25) is 9.35 Å². The summed E-state index contributed by atoms with van der Waals surface area (Å²) >= 11 is 0. The second kappa shape index (κ2) is 6.36. The van der Waals surface area contributed by atoms with E-state index >= 15 is 0 Å². The van der Waals surface area contributed by atoms with Crippen molar-refractivity contribution in [1.29, 1.82) is 0 Å². The average Bonchev–Trinajstić information content (AvgIpc) is 2.31. The number of rotatable bonds is 7. The first-order chi connectivity index (χ1) is 8.52. The van der Waals surface area contributed by atoms with E-state index in [0.717, 1.165) is 6.92 Å². The highest BCUT2D eigenvalue weighted by Gasteiger charge is 2.57. The summed E-state index contributed by atoms with van der Waals surface area (Å²) in [6.45, 7) is -0.277. The van der Waals surface area contributed by atoms with Crippen LogP contribution >= 0.6 is 0 Å². The van der Waals surface area contributed by atoms with Gasteiger partial charge in [0.25, 0.3) is 10.1 Å². The van der Waals surface area contributed by atoms with Crippen LogP contribution < -0.4 is 5.32 Å². The summed E-state index contributed by atoms with van der Waals surface area (Å²) in [7, 11) is -5.49. The molecule has 19 heavy (non-hydrogen) atoms. The summed E-state index contributed by atoms with van der Waals surface area (Å²) in [5, 5.41) is 38.7. The van der Waals surface area contributed by atoms with E-state index in [-0.39, 0.29) is 6.29 Å². The summed E-state index contributed by atoms with van der Waals surface area (Å²) in [4.78, 5) is 17.9. The van der Waals surface area contributed by atoms with E-state index in [1.165, 1.54) is 0 Å². The Morgan fingerprint density at radius 2 is 1.89 bits per heavy atom. The molecule has 0 aromatic rings. The van der Waals surface area contributed by atoms with E-state index in [0.29, 0.717) is 0 Å². The van der Waals surface area contributed by atoms with Crippen LogP contribution in [0.1, 0.15) is 6.92 Å². The Morgan fingerprint density at radius 3 is 2.16 bits per heavy atom. The molecule has 0 bridgehead atoms. The molecule has 0 aliphatic rings. The highest BCUT2D eigenvalue weighted by molar-refractivity contribution is 7.87. The van der Waals surface area contributed by atoms with Gasteiger partial charge in [0, 0.05) is 6.92 Å². The zero-order valence-corrected chi connectivity index (χ0v) is 10.6. The Morgan fingerprint density at radius 1 is 1.42 bits per heavy atom. The summed E-state index contributed by atoms with van der Waals surface area (Å²) in [5.41, 5.74) is 0. The summed E-state index contributed by atoms with van der Waals surface area (Å²) in [5.74, 6) is -0.940. The molecule has 0 aromatic heterocycles. The van der Waals surface area contributed by atoms with E-state index in [1.807, 2.05) is 0 Å². The van der Waals surface area contributed by atoms with Crippen LogP contribution in [0.3, 0.4) is 0 Å². The predicted molar refractivity (Wildman–Crippen MR) is 59.3 cm³/mol. The Kier molecular flexibility index (Phi) is 5.99. The van der Waals surface area contributed by atoms with Crippen molar-refractivity contribution >= 4 is 22.3 Å². The first-order valence-corrected chi connectivity index (χ1v) is 6.35. The van der Waals surface area contributed by atoms with Crippen molar-refractivity contribution in [3.8, 4) is 0 Å². The van der Waals surface area contributed by atoms with Gasteiger partial charge in [-0.1, -0.05) is 0 Å². The van der Waals surface area contributed by atoms with Crippen molar-refractivity contribution in [1.82, 2.24) is 5.32 Å². The summed E-state index contributed by atoms with van der Waals surface area (Å²) < 4.78 is 31.2. The lowest BCUT2D eigenvalue weighted by molar-refractivity contribution is -0.136. The van der Waals surface area contributed by atoms with Gasteiger partial charge in [-0.25, -0.2) is 0 Å². The number of aldehydes is 1. The standard InChI is InChI=1S/C8H15NO9S/c1-4(12)9-6(3-11)8(15,19(16,17)18)7(14)5(13)2-10/h3,5-7,10,13-15H,2H2,1H3,(H,9,12)(H,16,17,18)/t5-,6+,7+,8+/m1/s1. The largest absolute Gasteiger partial charge is 0.394 e. The Labute approximate surface area is 108 Å². The predicted octanol–water partition coefficient (Wildman–Crippen LogP) is -4.02. The zero-order chi connectivity index (χ0) is 15.4. The second-order valence-corrected chi connectivity index (χ2v) is 5.34. The van der Waals surface area contributed by atoms with Crippen LogP contribution in [0.4, 0.5) is 0 Å². The molecule has 0 spiro atoms. The van der Waals surface area contributed by atoms with Gasteiger partial charge in [-0.2, -0.15) is 8.42 Å². The number of hydrogen-bond acceptors (Lipinski definition) is 8. The zero-order valence-electron chi connectivity index (χ0n) is 9.79. The van der Waals surface area contributed by atoms with E-state index in [4.69, 9.17) is 14.8 Å². The van der Waals surface area contributed by atoms with Crippen molar-refractivity contribution in [3.05, 3.63) is 0 Å². The molecule has 10 nitrogen and oxygen atoms in total. The Hall–Kier alpha value is -1.11. The third-order valence-electron chi connectivity index (χ3n) is 2.33. The lowest BCUT2D eigenvalue weighted by atomic mass is 10.0. The number of carbonyl (C=O) groups excluding carboxylic acids is 2. The maximum atomic E-state index is 11.1. The average molecular weight is 301 g/mol. The van der Waals surface area contributed by atoms with Gasteiger partial charge in [0.2, 0.25) is 10.8 Å². The number of aliphatic hydroxyl groups excluding tert-OH is 3. The molecule has 0 fully saturated rings.